The first-order valence-electron chi connectivity index (χ1n) is 12.3. The number of ketones is 1. The van der Waals surface area contributed by atoms with Crippen LogP contribution in [-0.2, 0) is 9.59 Å². The monoisotopic (exact) mass is 602 g/mol. The number of pyridine rings is 1. The fourth-order valence-electron chi connectivity index (χ4n) is 4.92. The van der Waals surface area contributed by atoms with Crippen molar-refractivity contribution in [3.63, 3.8) is 0 Å². The van der Waals surface area contributed by atoms with E-state index in [1.54, 1.807) is 0 Å². The number of thiazole rings is 1. The Balaban J connectivity index is 1.56. The standard InChI is InChI=1S/C29H23BrN4O4S/c1-4-38-19-11-12-20-21(14-19)39-29(31-20)34-24(17-7-9-18(30)10-8-17)22(26(36)28(34)37)25(35)23-16(3)33-13-5-6-15(2)27(33)32-23/h5-14,24,35H,4H2,1-3H3. The second-order valence-corrected chi connectivity index (χ2v) is 11.1. The number of aliphatic hydroxyl groups is 1. The molecule has 39 heavy (non-hydrogen) atoms. The number of aromatic nitrogens is 3. The third-order valence-corrected chi connectivity index (χ3v) is 8.35. The van der Waals surface area contributed by atoms with Gasteiger partial charge < -0.3 is 14.2 Å². The van der Waals surface area contributed by atoms with E-state index >= 15 is 0 Å². The molecule has 1 aliphatic heterocycles. The number of amides is 1. The van der Waals surface area contributed by atoms with E-state index in [1.165, 1.54) is 16.2 Å². The van der Waals surface area contributed by atoms with Gasteiger partial charge in [0.1, 0.15) is 17.1 Å². The number of carbonyl (C=O) groups excluding carboxylic acids is 2. The molecule has 1 unspecified atom stereocenters. The second kappa shape index (κ2) is 9.62. The van der Waals surface area contributed by atoms with E-state index in [9.17, 15) is 14.7 Å². The lowest BCUT2D eigenvalue weighted by molar-refractivity contribution is -0.132. The van der Waals surface area contributed by atoms with Gasteiger partial charge in [0.15, 0.2) is 10.9 Å². The van der Waals surface area contributed by atoms with Gasteiger partial charge in [-0.05, 0) is 68.3 Å². The number of fused-ring (bicyclic) bond motifs is 2. The number of aliphatic hydroxyl groups excluding tert-OH is 1. The molecule has 0 spiro atoms. The largest absolute Gasteiger partial charge is 0.505 e. The van der Waals surface area contributed by atoms with Crippen LogP contribution in [0.5, 0.6) is 5.75 Å². The van der Waals surface area contributed by atoms with Crippen molar-refractivity contribution in [2.75, 3.05) is 11.5 Å². The third kappa shape index (κ3) is 4.11. The number of anilines is 1. The van der Waals surface area contributed by atoms with Crippen molar-refractivity contribution in [3.05, 3.63) is 93.4 Å². The molecule has 1 saturated heterocycles. The molecule has 1 amide bonds. The van der Waals surface area contributed by atoms with Crippen LogP contribution in [0.4, 0.5) is 5.13 Å². The zero-order valence-electron chi connectivity index (χ0n) is 21.3. The number of hydrogen-bond donors (Lipinski definition) is 1. The molecule has 1 N–H and O–H groups in total. The molecule has 1 aliphatic rings. The molecule has 6 rings (SSSR count). The minimum Gasteiger partial charge on any atom is -0.505 e. The number of carbonyl (C=O) groups is 2. The van der Waals surface area contributed by atoms with Gasteiger partial charge in [0, 0.05) is 10.7 Å². The second-order valence-electron chi connectivity index (χ2n) is 9.21. The normalized spacial score (nSPS) is 17.0. The summed E-state index contributed by atoms with van der Waals surface area (Å²) in [6, 6.07) is 15.8. The van der Waals surface area contributed by atoms with E-state index in [0.717, 1.165) is 14.7 Å². The first-order valence-corrected chi connectivity index (χ1v) is 13.9. The van der Waals surface area contributed by atoms with Crippen LogP contribution in [0.1, 0.15) is 35.5 Å². The molecule has 1 fully saturated rings. The van der Waals surface area contributed by atoms with Crippen LogP contribution in [0.15, 0.2) is 70.8 Å². The fraction of sp³-hybridized carbons (Fsp3) is 0.172. The predicted molar refractivity (Wildman–Crippen MR) is 154 cm³/mol. The molecule has 2 aromatic carbocycles. The maximum Gasteiger partial charge on any atom is 0.301 e. The van der Waals surface area contributed by atoms with Crippen molar-refractivity contribution >= 4 is 65.7 Å². The SMILES string of the molecule is CCOc1ccc2nc(N3C(=O)C(=O)C(=C(O)c4nc5c(C)cccn5c4C)C3c3ccc(Br)cc3)sc2c1. The Labute approximate surface area is 236 Å². The van der Waals surface area contributed by atoms with Crippen molar-refractivity contribution in [3.8, 4) is 5.75 Å². The van der Waals surface area contributed by atoms with E-state index in [0.29, 0.717) is 39.9 Å². The van der Waals surface area contributed by atoms with Gasteiger partial charge in [0.2, 0.25) is 0 Å². The quantitative estimate of drug-likeness (QED) is 0.143. The molecule has 0 saturated carbocycles. The van der Waals surface area contributed by atoms with Gasteiger partial charge >= 0.3 is 5.91 Å². The first kappa shape index (κ1) is 25.3. The number of ether oxygens (including phenoxy) is 1. The molecular weight excluding hydrogens is 580 g/mol. The molecule has 196 valence electrons. The zero-order valence-corrected chi connectivity index (χ0v) is 23.7. The van der Waals surface area contributed by atoms with Crippen LogP contribution in [0, 0.1) is 13.8 Å². The third-order valence-electron chi connectivity index (χ3n) is 6.80. The number of benzene rings is 2. The summed E-state index contributed by atoms with van der Waals surface area (Å²) in [4.78, 5) is 37.9. The van der Waals surface area contributed by atoms with E-state index in [1.807, 2.05) is 86.0 Å². The fourth-order valence-corrected chi connectivity index (χ4v) is 6.20. The summed E-state index contributed by atoms with van der Waals surface area (Å²) in [6.45, 7) is 6.18. The topological polar surface area (TPSA) is 97.0 Å². The summed E-state index contributed by atoms with van der Waals surface area (Å²) in [5, 5.41) is 12.0. The molecular formula is C29H23BrN4O4S. The zero-order chi connectivity index (χ0) is 27.4. The van der Waals surface area contributed by atoms with Crippen LogP contribution in [0.2, 0.25) is 0 Å². The van der Waals surface area contributed by atoms with E-state index < -0.39 is 17.7 Å². The summed E-state index contributed by atoms with van der Waals surface area (Å²) >= 11 is 4.74. The molecule has 8 nitrogen and oxygen atoms in total. The van der Waals surface area contributed by atoms with Gasteiger partial charge in [-0.25, -0.2) is 9.97 Å². The van der Waals surface area contributed by atoms with Crippen molar-refractivity contribution in [1.29, 1.82) is 0 Å². The smallest absolute Gasteiger partial charge is 0.301 e. The maximum atomic E-state index is 13.6. The van der Waals surface area contributed by atoms with E-state index in [-0.39, 0.29) is 17.0 Å². The van der Waals surface area contributed by atoms with E-state index in [4.69, 9.17) is 4.74 Å². The minimum atomic E-state index is -0.893. The molecule has 4 heterocycles. The maximum absolute atomic E-state index is 13.6. The summed E-state index contributed by atoms with van der Waals surface area (Å²) in [5.41, 5.74) is 3.83. The van der Waals surface area contributed by atoms with E-state index in [2.05, 4.69) is 25.9 Å². The van der Waals surface area contributed by atoms with Crippen molar-refractivity contribution in [2.45, 2.75) is 26.8 Å². The number of hydrogen-bond acceptors (Lipinski definition) is 7. The highest BCUT2D eigenvalue weighted by molar-refractivity contribution is 9.10. The Morgan fingerprint density at radius 3 is 2.59 bits per heavy atom. The number of Topliss-reactive ketones (excluding diaryl/α,β-unsaturated/α-hetero) is 1. The Hall–Kier alpha value is -4.02. The van der Waals surface area contributed by atoms with Crippen molar-refractivity contribution in [2.24, 2.45) is 0 Å². The summed E-state index contributed by atoms with van der Waals surface area (Å²) in [5.74, 6) is -1.16. The van der Waals surface area contributed by atoms with Crippen LogP contribution in [0.25, 0.3) is 21.6 Å². The minimum absolute atomic E-state index is 0.0271. The Bertz CT molecular complexity index is 1820. The van der Waals surface area contributed by atoms with Crippen LogP contribution >= 0.6 is 27.3 Å². The van der Waals surface area contributed by atoms with Crippen molar-refractivity contribution < 1.29 is 19.4 Å². The molecule has 0 bridgehead atoms. The molecule has 3 aromatic heterocycles. The average molecular weight is 603 g/mol. The lowest BCUT2D eigenvalue weighted by atomic mass is 9.96. The van der Waals surface area contributed by atoms with Crippen LogP contribution in [-0.4, -0.2) is 37.8 Å². The molecule has 10 heteroatoms. The van der Waals surface area contributed by atoms with Gasteiger partial charge in [0.25, 0.3) is 5.78 Å². The first-order chi connectivity index (χ1) is 18.8. The van der Waals surface area contributed by atoms with Crippen LogP contribution < -0.4 is 9.64 Å². The summed E-state index contributed by atoms with van der Waals surface area (Å²) in [6.07, 6.45) is 1.85. The lowest BCUT2D eigenvalue weighted by Crippen LogP contribution is -2.29. The van der Waals surface area contributed by atoms with Gasteiger partial charge in [-0.2, -0.15) is 0 Å². The highest BCUT2D eigenvalue weighted by atomic mass is 79.9. The summed E-state index contributed by atoms with van der Waals surface area (Å²) < 4.78 is 9.14. The Morgan fingerprint density at radius 2 is 1.87 bits per heavy atom. The van der Waals surface area contributed by atoms with Crippen LogP contribution in [0.3, 0.4) is 0 Å². The number of halogens is 1. The Morgan fingerprint density at radius 1 is 1.10 bits per heavy atom. The van der Waals surface area contributed by atoms with Gasteiger partial charge in [-0.3, -0.25) is 14.5 Å². The number of nitrogens with zero attached hydrogens (tertiary/aromatic N) is 4. The predicted octanol–water partition coefficient (Wildman–Crippen LogP) is 6.35. The van der Waals surface area contributed by atoms with Gasteiger partial charge in [-0.15, -0.1) is 0 Å². The lowest BCUT2D eigenvalue weighted by Gasteiger charge is -2.22. The highest BCUT2D eigenvalue weighted by Crippen LogP contribution is 2.45. The number of imidazole rings is 1. The Kier molecular flexibility index (Phi) is 6.23. The molecule has 5 aromatic rings. The summed E-state index contributed by atoms with van der Waals surface area (Å²) in [7, 11) is 0. The van der Waals surface area contributed by atoms with Crippen molar-refractivity contribution in [1.82, 2.24) is 14.4 Å². The highest BCUT2D eigenvalue weighted by Gasteiger charge is 2.48. The number of aryl methyl sites for hydroxylation is 2. The number of rotatable bonds is 5. The molecule has 1 atom stereocenters. The molecule has 0 aliphatic carbocycles. The van der Waals surface area contributed by atoms with Gasteiger partial charge in [-0.1, -0.05) is 45.5 Å². The molecule has 0 radical (unpaired) electrons. The average Bonchev–Trinajstić information content (AvgIpc) is 3.57. The van der Waals surface area contributed by atoms with Gasteiger partial charge in [0.05, 0.1) is 34.1 Å².